The lowest BCUT2D eigenvalue weighted by atomic mass is 9.72. The van der Waals surface area contributed by atoms with Gasteiger partial charge in [0.2, 0.25) is 10.0 Å². The molecule has 1 saturated carbocycles. The van der Waals surface area contributed by atoms with E-state index < -0.39 is 10.0 Å². The van der Waals surface area contributed by atoms with Crippen LogP contribution in [0, 0.1) is 6.92 Å². The number of sulfonamides is 1. The molecule has 1 spiro atoms. The van der Waals surface area contributed by atoms with Gasteiger partial charge in [-0.15, -0.1) is 0 Å². The van der Waals surface area contributed by atoms with Gasteiger partial charge in [0, 0.05) is 40.1 Å². The molecule has 4 nitrogen and oxygen atoms in total. The Bertz CT molecular complexity index is 1220. The Morgan fingerprint density at radius 3 is 2.55 bits per heavy atom. The molecule has 0 unspecified atom stereocenters. The van der Waals surface area contributed by atoms with Crippen molar-refractivity contribution in [1.82, 2.24) is 9.71 Å². The van der Waals surface area contributed by atoms with Crippen LogP contribution in [0.5, 0.6) is 0 Å². The summed E-state index contributed by atoms with van der Waals surface area (Å²) in [7, 11) is -3.60. The molecule has 2 aliphatic rings. The van der Waals surface area contributed by atoms with E-state index in [1.165, 1.54) is 28.9 Å². The molecule has 6 heteroatoms. The van der Waals surface area contributed by atoms with Crippen LogP contribution in [-0.4, -0.2) is 19.9 Å². The third-order valence-corrected chi connectivity index (χ3v) is 9.30. The molecule has 160 valence electrons. The molecule has 1 aliphatic heterocycles. The summed E-state index contributed by atoms with van der Waals surface area (Å²) in [4.78, 5) is 6.99. The lowest BCUT2D eigenvalue weighted by Crippen LogP contribution is -2.30. The molecule has 1 fully saturated rings. The molecule has 0 saturated heterocycles. The number of nitrogens with one attached hydrogen (secondary N) is 1. The van der Waals surface area contributed by atoms with Crippen LogP contribution in [0.1, 0.15) is 48.1 Å². The van der Waals surface area contributed by atoms with E-state index in [2.05, 4.69) is 40.0 Å². The van der Waals surface area contributed by atoms with Gasteiger partial charge in [-0.25, -0.2) is 13.1 Å². The van der Waals surface area contributed by atoms with Crippen LogP contribution in [0.3, 0.4) is 0 Å². The highest BCUT2D eigenvalue weighted by atomic mass is 32.2. The number of aryl methyl sites for hydroxylation is 1. The normalized spacial score (nSPS) is 16.8. The maximum Gasteiger partial charge on any atom is 0.240 e. The minimum absolute atomic E-state index is 0.0244. The fraction of sp³-hybridized carbons (Fsp3) is 0.320. The van der Waals surface area contributed by atoms with Crippen LogP contribution < -0.4 is 4.72 Å². The second-order valence-electron chi connectivity index (χ2n) is 8.47. The molecule has 0 radical (unpaired) electrons. The third-order valence-electron chi connectivity index (χ3n) is 6.56. The monoisotopic (exact) mass is 450 g/mol. The van der Waals surface area contributed by atoms with E-state index in [1.54, 1.807) is 18.0 Å². The van der Waals surface area contributed by atoms with Crippen LogP contribution in [-0.2, 0) is 21.9 Å². The summed E-state index contributed by atoms with van der Waals surface area (Å²) in [5.74, 6) is 0. The van der Waals surface area contributed by atoms with Crippen molar-refractivity contribution in [2.75, 3.05) is 6.54 Å². The topological polar surface area (TPSA) is 59.1 Å². The largest absolute Gasteiger partial charge is 0.261 e. The summed E-state index contributed by atoms with van der Waals surface area (Å²) in [6.07, 6.45) is 6.98. The fourth-order valence-corrected chi connectivity index (χ4v) is 7.74. The lowest BCUT2D eigenvalue weighted by Gasteiger charge is -2.38. The summed E-state index contributed by atoms with van der Waals surface area (Å²) >= 11 is 1.70. The van der Waals surface area contributed by atoms with Gasteiger partial charge in [-0.1, -0.05) is 54.9 Å². The van der Waals surface area contributed by atoms with Crippen molar-refractivity contribution < 1.29 is 8.42 Å². The fourth-order valence-electron chi connectivity index (χ4n) is 5.09. The van der Waals surface area contributed by atoms with Gasteiger partial charge in [0.25, 0.3) is 0 Å². The highest BCUT2D eigenvalue weighted by Crippen LogP contribution is 2.56. The minimum atomic E-state index is -3.60. The number of hydrogen-bond acceptors (Lipinski definition) is 4. The Morgan fingerprint density at radius 1 is 1.00 bits per heavy atom. The number of pyridine rings is 1. The van der Waals surface area contributed by atoms with Crippen LogP contribution in [0.2, 0.25) is 0 Å². The second kappa shape index (κ2) is 8.08. The van der Waals surface area contributed by atoms with Crippen LogP contribution in [0.15, 0.2) is 75.5 Å². The van der Waals surface area contributed by atoms with Gasteiger partial charge in [-0.2, -0.15) is 0 Å². The summed E-state index contributed by atoms with van der Waals surface area (Å²) in [6, 6.07) is 18.3. The van der Waals surface area contributed by atoms with Crippen molar-refractivity contribution in [2.45, 2.75) is 59.1 Å². The number of fused-ring (bicyclic) bond motifs is 4. The van der Waals surface area contributed by atoms with Gasteiger partial charge in [-0.05, 0) is 60.7 Å². The molecule has 5 rings (SSSR count). The molecule has 1 aromatic heterocycles. The molecule has 1 N–H and O–H groups in total. The van der Waals surface area contributed by atoms with E-state index in [0.29, 0.717) is 17.9 Å². The standard InChI is InChI=1S/C25H26N2O2S2/c1-18-16-21-23(30-22-10-3-2-9-20(22)25(21)12-5-6-13-25)17-24(18)31(28,29)27-15-11-19-8-4-7-14-26-19/h2-4,7-10,14,16-17,27H,5-6,11-13,15H2,1H3. The van der Waals surface area contributed by atoms with Gasteiger partial charge in [0.15, 0.2) is 0 Å². The summed E-state index contributed by atoms with van der Waals surface area (Å²) in [5.41, 5.74) is 4.43. The van der Waals surface area contributed by atoms with Crippen molar-refractivity contribution in [2.24, 2.45) is 0 Å². The molecular weight excluding hydrogens is 424 g/mol. The number of nitrogens with zero attached hydrogens (tertiary/aromatic N) is 1. The second-order valence-corrected chi connectivity index (χ2v) is 11.3. The van der Waals surface area contributed by atoms with Crippen LogP contribution in [0.4, 0.5) is 0 Å². The molecule has 2 aromatic carbocycles. The zero-order chi connectivity index (χ0) is 21.5. The molecule has 0 bridgehead atoms. The van der Waals surface area contributed by atoms with E-state index in [4.69, 9.17) is 0 Å². The van der Waals surface area contributed by atoms with Gasteiger partial charge in [-0.3, -0.25) is 4.98 Å². The Labute approximate surface area is 188 Å². The van der Waals surface area contributed by atoms with E-state index in [1.807, 2.05) is 31.2 Å². The predicted octanol–water partition coefficient (Wildman–Crippen LogP) is 5.24. The zero-order valence-corrected chi connectivity index (χ0v) is 19.2. The Balaban J connectivity index is 1.48. The quantitative estimate of drug-likeness (QED) is 0.578. The zero-order valence-electron chi connectivity index (χ0n) is 17.6. The average Bonchev–Trinajstić information content (AvgIpc) is 3.25. The third kappa shape index (κ3) is 3.71. The van der Waals surface area contributed by atoms with E-state index in [0.717, 1.165) is 29.0 Å². The van der Waals surface area contributed by atoms with E-state index >= 15 is 0 Å². The first-order valence-electron chi connectivity index (χ1n) is 10.8. The lowest BCUT2D eigenvalue weighted by molar-refractivity contribution is 0.509. The number of aromatic nitrogens is 1. The predicted molar refractivity (Wildman–Crippen MR) is 124 cm³/mol. The molecule has 31 heavy (non-hydrogen) atoms. The van der Waals surface area contributed by atoms with Gasteiger partial charge >= 0.3 is 0 Å². The summed E-state index contributed by atoms with van der Waals surface area (Å²) in [5, 5.41) is 0. The SMILES string of the molecule is Cc1cc2c(cc1S(=O)(=O)NCCc1ccccn1)Sc1ccccc1C21CCCC1. The first-order valence-corrected chi connectivity index (χ1v) is 13.1. The average molecular weight is 451 g/mol. The molecule has 0 atom stereocenters. The van der Waals surface area contributed by atoms with Gasteiger partial charge in [0.1, 0.15) is 0 Å². The molecule has 3 aromatic rings. The van der Waals surface area contributed by atoms with Crippen molar-refractivity contribution in [3.63, 3.8) is 0 Å². The van der Waals surface area contributed by atoms with Crippen molar-refractivity contribution in [3.8, 4) is 0 Å². The van der Waals surface area contributed by atoms with Crippen LogP contribution in [0.25, 0.3) is 0 Å². The minimum Gasteiger partial charge on any atom is -0.261 e. The Kier molecular flexibility index (Phi) is 5.40. The highest BCUT2D eigenvalue weighted by molar-refractivity contribution is 7.99. The van der Waals surface area contributed by atoms with E-state index in [9.17, 15) is 8.42 Å². The summed E-state index contributed by atoms with van der Waals surface area (Å²) < 4.78 is 29.1. The van der Waals surface area contributed by atoms with Gasteiger partial charge < -0.3 is 0 Å². The van der Waals surface area contributed by atoms with Crippen molar-refractivity contribution in [3.05, 3.63) is 83.2 Å². The van der Waals surface area contributed by atoms with Crippen LogP contribution >= 0.6 is 11.8 Å². The van der Waals surface area contributed by atoms with Gasteiger partial charge in [0.05, 0.1) is 4.90 Å². The molecule has 2 heterocycles. The first kappa shape index (κ1) is 20.7. The smallest absolute Gasteiger partial charge is 0.240 e. The number of rotatable bonds is 5. The first-order chi connectivity index (χ1) is 15.0. The Morgan fingerprint density at radius 2 is 1.77 bits per heavy atom. The maximum absolute atomic E-state index is 13.1. The molecule has 1 aliphatic carbocycles. The van der Waals surface area contributed by atoms with Crippen molar-refractivity contribution >= 4 is 21.8 Å². The number of hydrogen-bond donors (Lipinski definition) is 1. The summed E-state index contributed by atoms with van der Waals surface area (Å²) in [6.45, 7) is 2.25. The molecule has 0 amide bonds. The highest BCUT2D eigenvalue weighted by Gasteiger charge is 2.43. The maximum atomic E-state index is 13.1. The van der Waals surface area contributed by atoms with Crippen molar-refractivity contribution in [1.29, 1.82) is 0 Å². The Hall–Kier alpha value is -2.15. The molecular formula is C25H26N2O2S2. The van der Waals surface area contributed by atoms with E-state index in [-0.39, 0.29) is 5.41 Å². The number of benzene rings is 2.